The molecule has 4 aromatic rings. The molecule has 0 radical (unpaired) electrons. The number of ether oxygens (including phenoxy) is 4. The number of hydrogen-bond donors (Lipinski definition) is 0. The Morgan fingerprint density at radius 1 is 0.952 bits per heavy atom. The molecule has 42 heavy (non-hydrogen) atoms. The first kappa shape index (κ1) is 27.4. The first-order chi connectivity index (χ1) is 20.6. The van der Waals surface area contributed by atoms with Gasteiger partial charge in [-0.15, -0.1) is 0 Å². The van der Waals surface area contributed by atoms with Crippen LogP contribution in [0.5, 0.6) is 11.6 Å². The zero-order valence-corrected chi connectivity index (χ0v) is 24.6. The maximum Gasteiger partial charge on any atom is 0.213 e. The van der Waals surface area contributed by atoms with Gasteiger partial charge in [-0.2, -0.15) is 0 Å². The van der Waals surface area contributed by atoms with Gasteiger partial charge in [0.1, 0.15) is 18.2 Å². The number of piperidine rings is 1. The second-order valence-corrected chi connectivity index (χ2v) is 12.0. The fourth-order valence-corrected chi connectivity index (χ4v) is 6.28. The minimum absolute atomic E-state index is 0.302. The molecular formula is C34H40N4O4. The van der Waals surface area contributed by atoms with Crippen LogP contribution in [-0.4, -0.2) is 65.6 Å². The molecule has 0 spiro atoms. The molecule has 3 saturated heterocycles. The molecule has 5 heterocycles. The third kappa shape index (κ3) is 5.76. The number of fused-ring (bicyclic) bond motifs is 1. The Morgan fingerprint density at radius 3 is 2.55 bits per heavy atom. The van der Waals surface area contributed by atoms with E-state index in [0.29, 0.717) is 30.4 Å². The lowest BCUT2D eigenvalue weighted by atomic mass is 9.93. The van der Waals surface area contributed by atoms with Crippen molar-refractivity contribution in [3.63, 3.8) is 0 Å². The molecule has 0 amide bonds. The second-order valence-electron chi connectivity index (χ2n) is 12.0. The van der Waals surface area contributed by atoms with Gasteiger partial charge in [0.2, 0.25) is 5.88 Å². The van der Waals surface area contributed by atoms with Gasteiger partial charge in [0.05, 0.1) is 50.6 Å². The quantitative estimate of drug-likeness (QED) is 0.246. The van der Waals surface area contributed by atoms with Gasteiger partial charge in [-0.05, 0) is 74.7 Å². The highest BCUT2D eigenvalue weighted by Crippen LogP contribution is 2.32. The van der Waals surface area contributed by atoms with Crippen molar-refractivity contribution >= 4 is 11.0 Å². The van der Waals surface area contributed by atoms with Crippen LogP contribution in [0.1, 0.15) is 59.3 Å². The molecule has 0 saturated carbocycles. The highest BCUT2D eigenvalue weighted by Gasteiger charge is 2.26. The van der Waals surface area contributed by atoms with Gasteiger partial charge < -0.3 is 23.5 Å². The van der Waals surface area contributed by atoms with Crippen molar-refractivity contribution in [1.29, 1.82) is 0 Å². The maximum absolute atomic E-state index is 6.16. The molecule has 0 unspecified atom stereocenters. The molecule has 8 heteroatoms. The third-order valence-electron chi connectivity index (χ3n) is 9.07. The molecule has 0 aliphatic carbocycles. The fraction of sp³-hybridized carbons (Fsp3) is 0.471. The number of hydrogen-bond acceptors (Lipinski definition) is 7. The predicted octanol–water partition coefficient (Wildman–Crippen LogP) is 5.61. The lowest BCUT2D eigenvalue weighted by Gasteiger charge is -2.32. The number of nitrogens with zero attached hydrogens (tertiary/aromatic N) is 4. The Bertz CT molecular complexity index is 1540. The van der Waals surface area contributed by atoms with Crippen LogP contribution in [0.2, 0.25) is 0 Å². The van der Waals surface area contributed by atoms with Crippen molar-refractivity contribution in [2.45, 2.75) is 63.8 Å². The number of benzene rings is 2. The zero-order valence-electron chi connectivity index (χ0n) is 24.6. The summed E-state index contributed by atoms with van der Waals surface area (Å²) in [7, 11) is 1.71. The van der Waals surface area contributed by atoms with Gasteiger partial charge >= 0.3 is 0 Å². The van der Waals surface area contributed by atoms with E-state index in [-0.39, 0.29) is 0 Å². The van der Waals surface area contributed by atoms with E-state index in [2.05, 4.69) is 64.9 Å². The number of methoxy groups -OCH3 is 1. The topological polar surface area (TPSA) is 70.9 Å². The van der Waals surface area contributed by atoms with E-state index in [4.69, 9.17) is 28.9 Å². The van der Waals surface area contributed by atoms with Gasteiger partial charge in [-0.25, -0.2) is 9.97 Å². The van der Waals surface area contributed by atoms with Gasteiger partial charge in [0.15, 0.2) is 0 Å². The summed E-state index contributed by atoms with van der Waals surface area (Å²) in [5.41, 5.74) is 6.95. The van der Waals surface area contributed by atoms with Crippen molar-refractivity contribution in [3.8, 4) is 11.6 Å². The lowest BCUT2D eigenvalue weighted by Crippen LogP contribution is -2.35. The minimum Gasteiger partial charge on any atom is -0.496 e. The molecule has 2 aromatic heterocycles. The SMILES string of the molecule is COc1cc(C2COC2)ccc1COc1cccc(C2CCN(Cc3nc4ccc(C)cc4n3C[C@@H]3CCO3)CC2)n1. The number of pyridine rings is 1. The van der Waals surface area contributed by atoms with E-state index in [1.165, 1.54) is 16.6 Å². The Morgan fingerprint density at radius 2 is 1.81 bits per heavy atom. The van der Waals surface area contributed by atoms with Gasteiger partial charge in [0, 0.05) is 35.8 Å². The van der Waals surface area contributed by atoms with Crippen LogP contribution in [0, 0.1) is 6.92 Å². The number of aryl methyl sites for hydroxylation is 1. The van der Waals surface area contributed by atoms with Gasteiger partial charge in [-0.1, -0.05) is 24.3 Å². The summed E-state index contributed by atoms with van der Waals surface area (Å²) < 4.78 is 25.3. The first-order valence-corrected chi connectivity index (χ1v) is 15.3. The van der Waals surface area contributed by atoms with E-state index in [1.807, 2.05) is 6.07 Å². The summed E-state index contributed by atoms with van der Waals surface area (Å²) in [5.74, 6) is 3.55. The number of rotatable bonds is 10. The van der Waals surface area contributed by atoms with Gasteiger partial charge in [0.25, 0.3) is 0 Å². The van der Waals surface area contributed by atoms with Crippen LogP contribution in [-0.2, 0) is 29.2 Å². The van der Waals surface area contributed by atoms with E-state index < -0.39 is 0 Å². The Labute approximate surface area is 247 Å². The normalized spacial score (nSPS) is 19.9. The second kappa shape index (κ2) is 12.0. The van der Waals surface area contributed by atoms with E-state index in [1.54, 1.807) is 7.11 Å². The summed E-state index contributed by atoms with van der Waals surface area (Å²) in [6.07, 6.45) is 3.57. The molecule has 1 atom stereocenters. The van der Waals surface area contributed by atoms with Crippen molar-refractivity contribution in [1.82, 2.24) is 19.4 Å². The molecule has 7 rings (SSSR count). The summed E-state index contributed by atoms with van der Waals surface area (Å²) in [5, 5.41) is 0. The maximum atomic E-state index is 6.16. The number of imidazole rings is 1. The van der Waals surface area contributed by atoms with Crippen molar-refractivity contribution in [2.24, 2.45) is 0 Å². The van der Waals surface area contributed by atoms with Crippen molar-refractivity contribution in [2.75, 3.05) is 40.0 Å². The zero-order chi connectivity index (χ0) is 28.5. The molecule has 8 nitrogen and oxygen atoms in total. The van der Waals surface area contributed by atoms with Crippen molar-refractivity contribution < 1.29 is 18.9 Å². The van der Waals surface area contributed by atoms with Crippen molar-refractivity contribution in [3.05, 3.63) is 82.8 Å². The highest BCUT2D eigenvalue weighted by molar-refractivity contribution is 5.77. The van der Waals surface area contributed by atoms with Crippen LogP contribution in [0.4, 0.5) is 0 Å². The summed E-state index contributed by atoms with van der Waals surface area (Å²) in [4.78, 5) is 12.5. The Hall–Kier alpha value is -3.46. The molecule has 3 aliphatic rings. The summed E-state index contributed by atoms with van der Waals surface area (Å²) in [6, 6.07) is 19.1. The monoisotopic (exact) mass is 568 g/mol. The van der Waals surface area contributed by atoms with Crippen LogP contribution in [0.25, 0.3) is 11.0 Å². The van der Waals surface area contributed by atoms with E-state index in [0.717, 1.165) is 93.6 Å². The average molecular weight is 569 g/mol. The van der Waals surface area contributed by atoms with Crippen LogP contribution >= 0.6 is 0 Å². The third-order valence-corrected chi connectivity index (χ3v) is 9.07. The fourth-order valence-electron chi connectivity index (χ4n) is 6.28. The Kier molecular flexibility index (Phi) is 7.84. The average Bonchev–Trinajstić information content (AvgIpc) is 3.29. The smallest absolute Gasteiger partial charge is 0.213 e. The predicted molar refractivity (Wildman–Crippen MR) is 161 cm³/mol. The largest absolute Gasteiger partial charge is 0.496 e. The first-order valence-electron chi connectivity index (χ1n) is 15.3. The number of likely N-dealkylation sites (tertiary alicyclic amines) is 1. The summed E-state index contributed by atoms with van der Waals surface area (Å²) >= 11 is 0. The van der Waals surface area contributed by atoms with E-state index >= 15 is 0 Å². The minimum atomic E-state index is 0.302. The van der Waals surface area contributed by atoms with E-state index in [9.17, 15) is 0 Å². The summed E-state index contributed by atoms with van der Waals surface area (Å²) in [6.45, 7) is 8.80. The standard InChI is InChI=1S/C34H40N4O4/c1-23-6-9-30-31(16-23)38(18-28-12-15-41-28)33(35-30)19-37-13-10-24(11-14-37)29-4-3-5-34(36-29)42-22-26-8-7-25(17-32(26)39-2)27-20-40-21-27/h3-9,16-17,24,27-28H,10-15,18-22H2,1-2H3/t28-/m0/s1. The van der Waals surface area contributed by atoms with Crippen LogP contribution in [0.3, 0.4) is 0 Å². The molecule has 220 valence electrons. The molecular weight excluding hydrogens is 528 g/mol. The van der Waals surface area contributed by atoms with Gasteiger partial charge in [-0.3, -0.25) is 4.90 Å². The molecule has 2 aromatic carbocycles. The highest BCUT2D eigenvalue weighted by atomic mass is 16.5. The van der Waals surface area contributed by atoms with Crippen LogP contribution in [0.15, 0.2) is 54.6 Å². The lowest BCUT2D eigenvalue weighted by molar-refractivity contribution is -0.0592. The van der Waals surface area contributed by atoms with Crippen LogP contribution < -0.4 is 9.47 Å². The molecule has 0 N–H and O–H groups in total. The molecule has 0 bridgehead atoms. The number of aromatic nitrogens is 3. The molecule has 3 aliphatic heterocycles. The molecule has 3 fully saturated rings. The Balaban J connectivity index is 0.975.